The van der Waals surface area contributed by atoms with Crippen molar-refractivity contribution in [3.05, 3.63) is 23.1 Å². The molecule has 4 nitrogen and oxygen atoms in total. The molecule has 1 heterocycles. The molecule has 0 saturated heterocycles. The smallest absolute Gasteiger partial charge is 0.263 e. The molecular formula is C13H19N3OS. The summed E-state index contributed by atoms with van der Waals surface area (Å²) in [5.41, 5.74) is 7.93. The maximum absolute atomic E-state index is 12.0. The maximum atomic E-state index is 12.0. The topological polar surface area (TPSA) is 67.2 Å². The van der Waals surface area contributed by atoms with Crippen LogP contribution in [0.3, 0.4) is 0 Å². The molecule has 1 fully saturated rings. The Bertz CT molecular complexity index is 463. The van der Waals surface area contributed by atoms with E-state index in [1.54, 1.807) is 6.08 Å². The van der Waals surface area contributed by atoms with Crippen molar-refractivity contribution in [2.75, 3.05) is 24.1 Å². The molecule has 4 N–H and O–H groups in total. The van der Waals surface area contributed by atoms with E-state index in [9.17, 15) is 4.79 Å². The minimum Gasteiger partial charge on any atom is -0.397 e. The molecule has 0 aliphatic heterocycles. The Balaban J connectivity index is 2.27. The highest BCUT2D eigenvalue weighted by molar-refractivity contribution is 7.18. The number of nitrogens with two attached hydrogens (primary N) is 1. The number of amides is 1. The molecule has 0 spiro atoms. The number of carbonyl (C=O) groups excluding carboxylic acids is 1. The van der Waals surface area contributed by atoms with E-state index in [2.05, 4.69) is 17.2 Å². The average molecular weight is 265 g/mol. The summed E-state index contributed by atoms with van der Waals surface area (Å²) in [5.74, 6) is 0.430. The van der Waals surface area contributed by atoms with Crippen LogP contribution in [-0.4, -0.2) is 19.0 Å². The zero-order chi connectivity index (χ0) is 13.1. The third-order valence-corrected chi connectivity index (χ3v) is 4.10. The molecule has 0 bridgehead atoms. The van der Waals surface area contributed by atoms with Gasteiger partial charge in [0.05, 0.1) is 10.7 Å². The summed E-state index contributed by atoms with van der Waals surface area (Å²) in [6.07, 6.45) is 4.01. The van der Waals surface area contributed by atoms with E-state index in [4.69, 9.17) is 5.73 Å². The second kappa shape index (κ2) is 5.44. The SMILES string of the molecule is C=CCNC(=O)c1sc(NCC)c(C2CC2)c1N. The van der Waals surface area contributed by atoms with E-state index < -0.39 is 0 Å². The molecule has 0 radical (unpaired) electrons. The Hall–Kier alpha value is -1.49. The normalized spacial score (nSPS) is 14.3. The molecule has 1 aliphatic rings. The molecule has 1 aliphatic carbocycles. The van der Waals surface area contributed by atoms with Crippen LogP contribution < -0.4 is 16.4 Å². The fraction of sp³-hybridized carbons (Fsp3) is 0.462. The lowest BCUT2D eigenvalue weighted by atomic mass is 10.1. The van der Waals surface area contributed by atoms with Crippen molar-refractivity contribution in [1.82, 2.24) is 5.32 Å². The Morgan fingerprint density at radius 2 is 2.33 bits per heavy atom. The van der Waals surface area contributed by atoms with Gasteiger partial charge in [-0.3, -0.25) is 4.79 Å². The minimum absolute atomic E-state index is 0.108. The van der Waals surface area contributed by atoms with Crippen LogP contribution in [0.4, 0.5) is 10.7 Å². The largest absolute Gasteiger partial charge is 0.397 e. The van der Waals surface area contributed by atoms with E-state index >= 15 is 0 Å². The van der Waals surface area contributed by atoms with Gasteiger partial charge in [-0.05, 0) is 25.7 Å². The second-order valence-electron chi connectivity index (χ2n) is 4.39. The van der Waals surface area contributed by atoms with Crippen molar-refractivity contribution < 1.29 is 4.79 Å². The number of hydrogen-bond donors (Lipinski definition) is 3. The van der Waals surface area contributed by atoms with E-state index in [0.717, 1.165) is 17.1 Å². The van der Waals surface area contributed by atoms with Crippen LogP contribution in [0, 0.1) is 0 Å². The molecule has 1 aromatic rings. The first-order chi connectivity index (χ1) is 8.69. The standard InChI is InChI=1S/C13H19N3OS/c1-3-7-16-12(17)11-10(14)9(8-5-6-8)13(18-11)15-4-2/h3,8,15H,1,4-7,14H2,2H3,(H,16,17). The molecular weight excluding hydrogens is 246 g/mol. The van der Waals surface area contributed by atoms with Gasteiger partial charge in [-0.1, -0.05) is 6.08 Å². The number of hydrogen-bond acceptors (Lipinski definition) is 4. The summed E-state index contributed by atoms with van der Waals surface area (Å²) in [6.45, 7) is 6.93. The van der Waals surface area contributed by atoms with Gasteiger partial charge in [0.2, 0.25) is 0 Å². The highest BCUT2D eigenvalue weighted by Crippen LogP contribution is 2.50. The first-order valence-corrected chi connectivity index (χ1v) is 7.05. The van der Waals surface area contributed by atoms with Gasteiger partial charge in [0.25, 0.3) is 5.91 Å². The highest BCUT2D eigenvalue weighted by Gasteiger charge is 2.32. The molecule has 0 unspecified atom stereocenters. The fourth-order valence-corrected chi connectivity index (χ4v) is 3.13. The van der Waals surface area contributed by atoms with Gasteiger partial charge in [-0.15, -0.1) is 17.9 Å². The van der Waals surface area contributed by atoms with Crippen molar-refractivity contribution in [3.8, 4) is 0 Å². The number of anilines is 2. The van der Waals surface area contributed by atoms with Gasteiger partial charge in [0, 0.05) is 18.7 Å². The van der Waals surface area contributed by atoms with E-state index in [1.165, 1.54) is 24.2 Å². The molecule has 1 saturated carbocycles. The van der Waals surface area contributed by atoms with E-state index in [-0.39, 0.29) is 5.91 Å². The van der Waals surface area contributed by atoms with Gasteiger partial charge in [0.1, 0.15) is 4.88 Å². The zero-order valence-electron chi connectivity index (χ0n) is 10.6. The Labute approximate surface area is 111 Å². The van der Waals surface area contributed by atoms with Crippen LogP contribution in [0.15, 0.2) is 12.7 Å². The Kier molecular flexibility index (Phi) is 3.91. The van der Waals surface area contributed by atoms with Gasteiger partial charge in [-0.25, -0.2) is 0 Å². The summed E-state index contributed by atoms with van der Waals surface area (Å²) >= 11 is 1.46. The van der Waals surface area contributed by atoms with Crippen LogP contribution >= 0.6 is 11.3 Å². The first-order valence-electron chi connectivity index (χ1n) is 6.24. The minimum atomic E-state index is -0.108. The predicted molar refractivity (Wildman–Crippen MR) is 77.4 cm³/mol. The van der Waals surface area contributed by atoms with Crippen LogP contribution in [0.25, 0.3) is 0 Å². The Morgan fingerprint density at radius 1 is 1.61 bits per heavy atom. The predicted octanol–water partition coefficient (Wildman–Crippen LogP) is 2.56. The molecule has 1 aromatic heterocycles. The molecule has 98 valence electrons. The molecule has 1 amide bonds. The number of rotatable bonds is 6. The van der Waals surface area contributed by atoms with Crippen molar-refractivity contribution in [3.63, 3.8) is 0 Å². The lowest BCUT2D eigenvalue weighted by Gasteiger charge is -2.04. The van der Waals surface area contributed by atoms with Crippen molar-refractivity contribution in [2.24, 2.45) is 0 Å². The lowest BCUT2D eigenvalue weighted by Crippen LogP contribution is -2.23. The van der Waals surface area contributed by atoms with E-state index in [1.807, 2.05) is 6.92 Å². The monoisotopic (exact) mass is 265 g/mol. The summed E-state index contributed by atoms with van der Waals surface area (Å²) in [4.78, 5) is 12.6. The molecule has 0 atom stereocenters. The maximum Gasteiger partial charge on any atom is 0.263 e. The van der Waals surface area contributed by atoms with Crippen LogP contribution in [0.5, 0.6) is 0 Å². The summed E-state index contributed by atoms with van der Waals surface area (Å²) < 4.78 is 0. The highest BCUT2D eigenvalue weighted by atomic mass is 32.1. The van der Waals surface area contributed by atoms with Crippen LogP contribution in [0.2, 0.25) is 0 Å². The van der Waals surface area contributed by atoms with Crippen molar-refractivity contribution in [1.29, 1.82) is 0 Å². The third-order valence-electron chi connectivity index (χ3n) is 2.92. The molecule has 5 heteroatoms. The van der Waals surface area contributed by atoms with Crippen LogP contribution in [0.1, 0.15) is 40.9 Å². The summed E-state index contributed by atoms with van der Waals surface area (Å²) in [6, 6.07) is 0. The number of carbonyl (C=O) groups is 1. The first kappa shape index (κ1) is 13.0. The van der Waals surface area contributed by atoms with Gasteiger partial charge in [0.15, 0.2) is 0 Å². The molecule has 18 heavy (non-hydrogen) atoms. The third kappa shape index (κ3) is 2.51. The molecule has 2 rings (SSSR count). The van der Waals surface area contributed by atoms with Crippen molar-refractivity contribution in [2.45, 2.75) is 25.7 Å². The second-order valence-corrected chi connectivity index (χ2v) is 5.41. The lowest BCUT2D eigenvalue weighted by molar-refractivity contribution is 0.0963. The molecule has 0 aromatic carbocycles. The number of thiophene rings is 1. The quantitative estimate of drug-likeness (QED) is 0.692. The van der Waals surface area contributed by atoms with Gasteiger partial charge >= 0.3 is 0 Å². The summed E-state index contributed by atoms with van der Waals surface area (Å²) in [5, 5.41) is 7.14. The summed E-state index contributed by atoms with van der Waals surface area (Å²) in [7, 11) is 0. The van der Waals surface area contributed by atoms with Gasteiger partial charge in [-0.2, -0.15) is 0 Å². The fourth-order valence-electron chi connectivity index (χ4n) is 1.94. The zero-order valence-corrected chi connectivity index (χ0v) is 11.4. The van der Waals surface area contributed by atoms with Crippen LogP contribution in [-0.2, 0) is 0 Å². The van der Waals surface area contributed by atoms with Gasteiger partial charge < -0.3 is 16.4 Å². The average Bonchev–Trinajstić information content (AvgIpc) is 3.13. The number of nitrogens with one attached hydrogen (secondary N) is 2. The Morgan fingerprint density at radius 3 is 2.89 bits per heavy atom. The number of nitrogen functional groups attached to an aromatic ring is 1. The van der Waals surface area contributed by atoms with E-state index in [0.29, 0.717) is 23.0 Å². The van der Waals surface area contributed by atoms with Crippen molar-refractivity contribution >= 4 is 27.9 Å².